The second-order valence-electron chi connectivity index (χ2n) is 7.74. The van der Waals surface area contributed by atoms with Crippen molar-refractivity contribution in [2.24, 2.45) is 11.0 Å². The molecule has 0 bridgehead atoms. The molecule has 7 nitrogen and oxygen atoms in total. The lowest BCUT2D eigenvalue weighted by atomic mass is 9.89. The molecule has 4 unspecified atom stereocenters. The van der Waals surface area contributed by atoms with E-state index in [0.29, 0.717) is 17.2 Å². The number of aromatic nitrogens is 3. The van der Waals surface area contributed by atoms with Gasteiger partial charge in [0.1, 0.15) is 5.75 Å². The number of ether oxygens (including phenoxy) is 1. The van der Waals surface area contributed by atoms with Crippen molar-refractivity contribution in [2.45, 2.75) is 54.6 Å². The average molecular weight is 382 g/mol. The fourth-order valence-corrected chi connectivity index (χ4v) is 6.17. The average Bonchev–Trinajstić information content (AvgIpc) is 3.41. The maximum Gasteiger partial charge on any atom is 0.212 e. The molecule has 0 amide bonds. The largest absolute Gasteiger partial charge is 0.496 e. The summed E-state index contributed by atoms with van der Waals surface area (Å²) in [4.78, 5) is 0. The normalized spacial score (nSPS) is 30.9. The van der Waals surface area contributed by atoms with E-state index in [0.717, 1.165) is 35.3 Å². The first-order chi connectivity index (χ1) is 13.3. The molecule has 2 N–H and O–H groups in total. The minimum absolute atomic E-state index is 0.175. The zero-order valence-corrected chi connectivity index (χ0v) is 16.0. The summed E-state index contributed by atoms with van der Waals surface area (Å²) < 4.78 is 7.56. The summed E-state index contributed by atoms with van der Waals surface area (Å²) in [7, 11) is 1.74. The molecule has 2 aliphatic heterocycles. The van der Waals surface area contributed by atoms with Crippen LogP contribution >= 0.6 is 11.8 Å². The third-order valence-electron chi connectivity index (χ3n) is 6.38. The summed E-state index contributed by atoms with van der Waals surface area (Å²) in [6.07, 6.45) is 5.79. The number of hydrazine groups is 1. The van der Waals surface area contributed by atoms with E-state index in [4.69, 9.17) is 9.84 Å². The molecule has 3 heterocycles. The van der Waals surface area contributed by atoms with E-state index in [1.165, 1.54) is 30.4 Å². The quantitative estimate of drug-likeness (QED) is 0.830. The van der Waals surface area contributed by atoms with Crippen LogP contribution in [0.25, 0.3) is 0 Å². The highest BCUT2D eigenvalue weighted by atomic mass is 32.2. The maximum absolute atomic E-state index is 5.59. The first-order valence-corrected chi connectivity index (χ1v) is 10.6. The third-order valence-corrected chi connectivity index (χ3v) is 7.59. The van der Waals surface area contributed by atoms with Gasteiger partial charge >= 0.3 is 0 Å². The molecule has 0 radical (unpaired) electrons. The molecule has 6 rings (SSSR count). The molecule has 2 aliphatic carbocycles. The Bertz CT molecular complexity index is 940. The van der Waals surface area contributed by atoms with Gasteiger partial charge in [0, 0.05) is 17.2 Å². The smallest absolute Gasteiger partial charge is 0.212 e. The van der Waals surface area contributed by atoms with Crippen LogP contribution in [0.15, 0.2) is 28.5 Å². The number of benzene rings is 1. The molecule has 140 valence electrons. The summed E-state index contributed by atoms with van der Waals surface area (Å²) in [6.45, 7) is 0. The summed E-state index contributed by atoms with van der Waals surface area (Å²) in [5.74, 6) is 2.46. The number of methoxy groups -OCH3 is 1. The van der Waals surface area contributed by atoms with E-state index in [-0.39, 0.29) is 6.04 Å². The van der Waals surface area contributed by atoms with Crippen molar-refractivity contribution in [1.29, 1.82) is 0 Å². The van der Waals surface area contributed by atoms with Gasteiger partial charge in [-0.2, -0.15) is 9.78 Å². The van der Waals surface area contributed by atoms with Crippen molar-refractivity contribution in [3.63, 3.8) is 0 Å². The highest BCUT2D eigenvalue weighted by Gasteiger charge is 2.43. The fourth-order valence-electron chi connectivity index (χ4n) is 5.07. The van der Waals surface area contributed by atoms with Crippen molar-refractivity contribution in [3.8, 4) is 5.75 Å². The molecular formula is C19H22N6OS. The minimum atomic E-state index is 0.175. The molecule has 1 aromatic heterocycles. The zero-order chi connectivity index (χ0) is 18.0. The topological polar surface area (TPSA) is 76.4 Å². The molecule has 2 aromatic rings. The number of thioether (sulfide) groups is 1. The zero-order valence-electron chi connectivity index (χ0n) is 15.2. The van der Waals surface area contributed by atoms with Gasteiger partial charge in [0.05, 0.1) is 24.1 Å². The number of rotatable bonds is 2. The van der Waals surface area contributed by atoms with Crippen LogP contribution in [0.5, 0.6) is 5.75 Å². The van der Waals surface area contributed by atoms with Gasteiger partial charge in [0.25, 0.3) is 0 Å². The van der Waals surface area contributed by atoms with Gasteiger partial charge in [-0.15, -0.1) is 10.2 Å². The lowest BCUT2D eigenvalue weighted by molar-refractivity contribution is 0.408. The summed E-state index contributed by atoms with van der Waals surface area (Å²) in [5.41, 5.74) is 10.5. The molecule has 27 heavy (non-hydrogen) atoms. The van der Waals surface area contributed by atoms with Gasteiger partial charge in [0.15, 0.2) is 5.82 Å². The monoisotopic (exact) mass is 382 g/mol. The Morgan fingerprint density at radius 3 is 3.07 bits per heavy atom. The predicted molar refractivity (Wildman–Crippen MR) is 103 cm³/mol. The molecule has 8 heteroatoms. The number of hydrogen-bond acceptors (Lipinski definition) is 7. The van der Waals surface area contributed by atoms with Gasteiger partial charge in [-0.3, -0.25) is 5.43 Å². The molecule has 2 fully saturated rings. The number of fused-ring (bicyclic) bond motifs is 5. The van der Waals surface area contributed by atoms with Crippen molar-refractivity contribution in [3.05, 3.63) is 35.2 Å². The van der Waals surface area contributed by atoms with E-state index in [1.807, 2.05) is 10.7 Å². The Hall–Kier alpha value is -1.90. The maximum atomic E-state index is 5.59. The van der Waals surface area contributed by atoms with Crippen LogP contribution in [0.2, 0.25) is 0 Å². The van der Waals surface area contributed by atoms with Gasteiger partial charge < -0.3 is 4.74 Å². The number of nitrogens with one attached hydrogen (secondary N) is 2. The van der Waals surface area contributed by atoms with Crippen molar-refractivity contribution in [1.82, 2.24) is 25.7 Å². The minimum Gasteiger partial charge on any atom is -0.496 e. The van der Waals surface area contributed by atoms with Crippen LogP contribution in [-0.2, 0) is 6.42 Å². The molecule has 0 spiro atoms. The molecule has 1 aromatic carbocycles. The Kier molecular flexibility index (Phi) is 3.61. The van der Waals surface area contributed by atoms with E-state index < -0.39 is 0 Å². The lowest BCUT2D eigenvalue weighted by Gasteiger charge is -2.30. The molecule has 4 atom stereocenters. The summed E-state index contributed by atoms with van der Waals surface area (Å²) in [6, 6.07) is 6.98. The van der Waals surface area contributed by atoms with Gasteiger partial charge in [0.2, 0.25) is 5.16 Å². The predicted octanol–water partition coefficient (Wildman–Crippen LogP) is 2.28. The van der Waals surface area contributed by atoms with Crippen molar-refractivity contribution < 1.29 is 4.74 Å². The summed E-state index contributed by atoms with van der Waals surface area (Å²) >= 11 is 1.79. The van der Waals surface area contributed by atoms with Crippen LogP contribution in [-0.4, -0.2) is 39.0 Å². The van der Waals surface area contributed by atoms with E-state index in [1.54, 1.807) is 18.9 Å². The molecule has 4 aliphatic rings. The van der Waals surface area contributed by atoms with Crippen LogP contribution in [0.4, 0.5) is 0 Å². The molecule has 1 saturated heterocycles. The number of nitrogens with zero attached hydrogens (tertiary/aromatic N) is 4. The molecular weight excluding hydrogens is 360 g/mol. The fraction of sp³-hybridized carbons (Fsp3) is 0.526. The lowest BCUT2D eigenvalue weighted by Crippen LogP contribution is -2.32. The first kappa shape index (κ1) is 16.1. The van der Waals surface area contributed by atoms with Gasteiger partial charge in [-0.05, 0) is 37.7 Å². The highest BCUT2D eigenvalue weighted by molar-refractivity contribution is 8.00. The van der Waals surface area contributed by atoms with Crippen molar-refractivity contribution in [2.75, 3.05) is 7.11 Å². The second kappa shape index (κ2) is 6.05. The second-order valence-corrected chi connectivity index (χ2v) is 8.91. The third kappa shape index (κ3) is 2.33. The Balaban J connectivity index is 1.44. The SMILES string of the molecule is COc1cccc2c1CCC1Sc3nnc(C4NNC5CCCC54)n3N=C21. The standard InChI is InChI=1S/C19H22N6OS/c1-26-14-7-3-4-11-10(14)8-9-15-16(11)24-25-18(22-23-19(25)27-15)17-12-5-2-6-13(12)20-21-17/h3-4,7,12-13,15,17,20-21H,2,5-6,8-9H2,1H3. The Labute approximate surface area is 161 Å². The van der Waals surface area contributed by atoms with Crippen LogP contribution in [0.3, 0.4) is 0 Å². The van der Waals surface area contributed by atoms with Gasteiger partial charge in [-0.1, -0.05) is 30.3 Å². The highest BCUT2D eigenvalue weighted by Crippen LogP contribution is 2.43. The first-order valence-electron chi connectivity index (χ1n) is 9.71. The van der Waals surface area contributed by atoms with Gasteiger partial charge in [-0.25, -0.2) is 5.43 Å². The Morgan fingerprint density at radius 1 is 1.19 bits per heavy atom. The Morgan fingerprint density at radius 2 is 2.15 bits per heavy atom. The number of hydrogen-bond donors (Lipinski definition) is 2. The van der Waals surface area contributed by atoms with E-state index >= 15 is 0 Å². The van der Waals surface area contributed by atoms with Crippen LogP contribution < -0.4 is 15.6 Å². The van der Waals surface area contributed by atoms with E-state index in [9.17, 15) is 0 Å². The van der Waals surface area contributed by atoms with Crippen LogP contribution in [0.1, 0.15) is 48.7 Å². The van der Waals surface area contributed by atoms with E-state index in [2.05, 4.69) is 33.2 Å². The summed E-state index contributed by atoms with van der Waals surface area (Å²) in [5, 5.41) is 15.3. The van der Waals surface area contributed by atoms with Crippen LogP contribution in [0, 0.1) is 5.92 Å². The molecule has 1 saturated carbocycles. The van der Waals surface area contributed by atoms with Crippen molar-refractivity contribution >= 4 is 17.5 Å².